The third-order valence-corrected chi connectivity index (χ3v) is 10.00. The Morgan fingerprint density at radius 2 is 1.48 bits per heavy atom. The molecule has 2 heterocycles. The Morgan fingerprint density at radius 3 is 2.19 bits per heavy atom. The number of nitrogens with zero attached hydrogens (tertiary/aromatic N) is 1. The molecule has 2 saturated heterocycles. The van der Waals surface area contributed by atoms with Crippen LogP contribution in [0.5, 0.6) is 0 Å². The number of benzene rings is 4. The summed E-state index contributed by atoms with van der Waals surface area (Å²) in [5.41, 5.74) is 6.84. The summed E-state index contributed by atoms with van der Waals surface area (Å²) in [5.74, 6) is -0.496. The highest BCUT2D eigenvalue weighted by atomic mass is 16.7. The summed E-state index contributed by atoms with van der Waals surface area (Å²) in [4.78, 5) is 27.8. The number of aliphatic hydroxyl groups is 1. The molecule has 0 aromatic heterocycles. The Kier molecular flexibility index (Phi) is 13.5. The number of carbonyl (C=O) groups excluding carboxylic acids is 2. The van der Waals surface area contributed by atoms with Gasteiger partial charge in [-0.1, -0.05) is 116 Å². The first-order valence-electron chi connectivity index (χ1n) is 18.6. The van der Waals surface area contributed by atoms with Crippen molar-refractivity contribution in [2.24, 2.45) is 0 Å². The highest BCUT2D eigenvalue weighted by molar-refractivity contribution is 5.83. The number of carbonyl (C=O) groups is 2. The van der Waals surface area contributed by atoms with Gasteiger partial charge in [-0.25, -0.2) is 9.59 Å². The van der Waals surface area contributed by atoms with Crippen molar-refractivity contribution < 1.29 is 28.9 Å². The first-order chi connectivity index (χ1) is 25.5. The molecule has 4 atom stereocenters. The minimum absolute atomic E-state index is 0.0167. The number of rotatable bonds is 12. The van der Waals surface area contributed by atoms with E-state index < -0.39 is 24.3 Å². The average Bonchev–Trinajstić information content (AvgIpc) is 3.18. The summed E-state index contributed by atoms with van der Waals surface area (Å²) in [6.45, 7) is 3.41. The number of likely N-dealkylation sites (tertiary alicyclic amines) is 1. The Balaban J connectivity index is 1.10. The van der Waals surface area contributed by atoms with Gasteiger partial charge in [0.25, 0.3) is 0 Å². The Morgan fingerprint density at radius 1 is 0.788 bits per heavy atom. The summed E-state index contributed by atoms with van der Waals surface area (Å²) in [6.07, 6.45) is 6.90. The number of urea groups is 1. The Hall–Kier alpha value is -4.54. The van der Waals surface area contributed by atoms with E-state index in [-0.39, 0.29) is 18.8 Å². The molecule has 2 fully saturated rings. The molecule has 0 aliphatic carbocycles. The SMILES string of the molecule is COC(=O)[C@H](Cc1ccccc1)NC(=O)NCc1cccc(-c2ccc([C@H]3O[C@@H](CN4CCCCCCC4)C[C@@H](c4ccc(CO)cc4)O3)cc2)c1. The van der Waals surface area contributed by atoms with Crippen molar-refractivity contribution in [3.05, 3.63) is 131 Å². The van der Waals surface area contributed by atoms with Crippen LogP contribution in [0.25, 0.3) is 11.1 Å². The molecule has 4 aromatic carbocycles. The zero-order chi connectivity index (χ0) is 36.1. The van der Waals surface area contributed by atoms with Crippen molar-refractivity contribution >= 4 is 12.0 Å². The first kappa shape index (κ1) is 37.2. The van der Waals surface area contributed by atoms with E-state index >= 15 is 0 Å². The minimum Gasteiger partial charge on any atom is -0.467 e. The molecule has 2 aliphatic heterocycles. The van der Waals surface area contributed by atoms with E-state index in [0.717, 1.165) is 65.0 Å². The van der Waals surface area contributed by atoms with Crippen molar-refractivity contribution in [3.8, 4) is 11.1 Å². The van der Waals surface area contributed by atoms with E-state index in [0.29, 0.717) is 13.0 Å². The first-order valence-corrected chi connectivity index (χ1v) is 18.6. The van der Waals surface area contributed by atoms with Crippen LogP contribution in [0.4, 0.5) is 4.79 Å². The molecule has 3 N–H and O–H groups in total. The normalized spacial score (nSPS) is 20.2. The van der Waals surface area contributed by atoms with Crippen LogP contribution in [0, 0.1) is 0 Å². The third-order valence-electron chi connectivity index (χ3n) is 10.00. The molecule has 4 aromatic rings. The fraction of sp³-hybridized carbons (Fsp3) is 0.395. The summed E-state index contributed by atoms with van der Waals surface area (Å²) in [7, 11) is 1.32. The van der Waals surface area contributed by atoms with E-state index in [1.807, 2.05) is 60.7 Å². The second-order valence-corrected chi connectivity index (χ2v) is 13.8. The van der Waals surface area contributed by atoms with Gasteiger partial charge in [0.1, 0.15) is 6.04 Å². The van der Waals surface area contributed by atoms with Gasteiger partial charge >= 0.3 is 12.0 Å². The van der Waals surface area contributed by atoms with E-state index in [1.165, 1.54) is 39.2 Å². The quantitative estimate of drug-likeness (QED) is 0.133. The zero-order valence-electron chi connectivity index (χ0n) is 30.0. The maximum atomic E-state index is 12.8. The van der Waals surface area contributed by atoms with Gasteiger partial charge in [0.15, 0.2) is 6.29 Å². The molecule has 0 radical (unpaired) electrons. The number of methoxy groups -OCH3 is 1. The number of esters is 1. The van der Waals surface area contributed by atoms with Crippen LogP contribution in [-0.2, 0) is 38.6 Å². The van der Waals surface area contributed by atoms with Crippen molar-refractivity contribution in [3.63, 3.8) is 0 Å². The minimum atomic E-state index is -0.800. The van der Waals surface area contributed by atoms with E-state index in [1.54, 1.807) is 0 Å². The Bertz CT molecular complexity index is 1710. The molecule has 0 saturated carbocycles. The third kappa shape index (κ3) is 10.5. The predicted octanol–water partition coefficient (Wildman–Crippen LogP) is 7.24. The van der Waals surface area contributed by atoms with Gasteiger partial charge < -0.3 is 34.9 Å². The second-order valence-electron chi connectivity index (χ2n) is 13.8. The monoisotopic (exact) mass is 705 g/mol. The van der Waals surface area contributed by atoms with Crippen molar-refractivity contribution in [2.75, 3.05) is 26.7 Å². The number of hydrogen-bond acceptors (Lipinski definition) is 7. The van der Waals surface area contributed by atoms with Crippen LogP contribution in [0.3, 0.4) is 0 Å². The standard InChI is InChI=1S/C43H51N3O6/c1-50-41(48)39(26-31-11-6-5-7-12-31)45-43(49)44-28-33-13-10-14-37(25-33)34-19-21-36(22-20-34)42-51-38(29-46-23-8-3-2-4-9-24-46)27-40(52-42)35-17-15-32(30-47)16-18-35/h5-7,10-22,25,38-40,42,47H,2-4,8-9,23-24,26-30H2,1H3,(H2,44,45,49)/t38-,39+,40+,42+/m1/s1. The molecule has 0 unspecified atom stereocenters. The maximum Gasteiger partial charge on any atom is 0.328 e. The number of nitrogens with one attached hydrogen (secondary N) is 2. The lowest BCUT2D eigenvalue weighted by molar-refractivity contribution is -0.253. The molecule has 0 bridgehead atoms. The molecule has 9 nitrogen and oxygen atoms in total. The maximum absolute atomic E-state index is 12.8. The van der Waals surface area contributed by atoms with Gasteiger partial charge in [-0.2, -0.15) is 0 Å². The average molecular weight is 706 g/mol. The number of ether oxygens (including phenoxy) is 3. The predicted molar refractivity (Wildman–Crippen MR) is 201 cm³/mol. The van der Waals surface area contributed by atoms with Gasteiger partial charge in [-0.15, -0.1) is 0 Å². The highest BCUT2D eigenvalue weighted by Gasteiger charge is 2.33. The molecular weight excluding hydrogens is 654 g/mol. The van der Waals surface area contributed by atoms with Crippen molar-refractivity contribution in [2.45, 2.75) is 82.6 Å². The summed E-state index contributed by atoms with van der Waals surface area (Å²) in [5, 5.41) is 15.2. The van der Waals surface area contributed by atoms with E-state index in [9.17, 15) is 14.7 Å². The van der Waals surface area contributed by atoms with Gasteiger partial charge in [-0.3, -0.25) is 0 Å². The summed E-state index contributed by atoms with van der Waals surface area (Å²) < 4.78 is 18.2. The Labute approximate surface area is 307 Å². The smallest absolute Gasteiger partial charge is 0.328 e. The van der Waals surface area contributed by atoms with E-state index in [2.05, 4.69) is 58.0 Å². The van der Waals surface area contributed by atoms with Gasteiger partial charge in [0.2, 0.25) is 0 Å². The molecule has 6 rings (SSSR count). The van der Waals surface area contributed by atoms with Crippen LogP contribution >= 0.6 is 0 Å². The highest BCUT2D eigenvalue weighted by Crippen LogP contribution is 2.39. The van der Waals surface area contributed by atoms with Gasteiger partial charge in [-0.05, 0) is 65.4 Å². The second kappa shape index (κ2) is 18.8. The van der Waals surface area contributed by atoms with Crippen LogP contribution in [0.1, 0.15) is 78.7 Å². The lowest BCUT2D eigenvalue weighted by Crippen LogP contribution is -2.47. The van der Waals surface area contributed by atoms with E-state index in [4.69, 9.17) is 14.2 Å². The van der Waals surface area contributed by atoms with Gasteiger partial charge in [0, 0.05) is 31.5 Å². The van der Waals surface area contributed by atoms with Gasteiger partial charge in [0.05, 0.1) is 25.9 Å². The van der Waals surface area contributed by atoms with Crippen LogP contribution in [0.2, 0.25) is 0 Å². The fourth-order valence-corrected chi connectivity index (χ4v) is 7.09. The number of hydrogen-bond donors (Lipinski definition) is 3. The van der Waals surface area contributed by atoms with Crippen molar-refractivity contribution in [1.82, 2.24) is 15.5 Å². The summed E-state index contributed by atoms with van der Waals surface area (Å²) >= 11 is 0. The molecule has 2 aliphatic rings. The fourth-order valence-electron chi connectivity index (χ4n) is 7.09. The number of amides is 2. The molecular formula is C43H51N3O6. The van der Waals surface area contributed by atoms with Crippen LogP contribution in [-0.4, -0.2) is 60.9 Å². The molecule has 0 spiro atoms. The topological polar surface area (TPSA) is 109 Å². The largest absolute Gasteiger partial charge is 0.467 e. The molecule has 274 valence electrons. The van der Waals surface area contributed by atoms with Crippen LogP contribution < -0.4 is 10.6 Å². The molecule has 9 heteroatoms. The lowest BCUT2D eigenvalue weighted by atomic mass is 9.98. The summed E-state index contributed by atoms with van der Waals surface area (Å²) in [6, 6.07) is 32.7. The lowest BCUT2D eigenvalue weighted by Gasteiger charge is -2.38. The zero-order valence-corrected chi connectivity index (χ0v) is 30.0. The van der Waals surface area contributed by atoms with Crippen molar-refractivity contribution in [1.29, 1.82) is 0 Å². The van der Waals surface area contributed by atoms with Crippen LogP contribution in [0.15, 0.2) is 103 Å². The molecule has 52 heavy (non-hydrogen) atoms. The number of aliphatic hydroxyl groups excluding tert-OH is 1. The molecule has 2 amide bonds.